The van der Waals surface area contributed by atoms with Crippen LogP contribution in [-0.2, 0) is 14.3 Å². The second-order valence-electron chi connectivity index (χ2n) is 6.35. The Labute approximate surface area is 140 Å². The van der Waals surface area contributed by atoms with Gasteiger partial charge in [0.25, 0.3) is 0 Å². The van der Waals surface area contributed by atoms with E-state index < -0.39 is 12.0 Å². The molecule has 0 radical (unpaired) electrons. The van der Waals surface area contributed by atoms with E-state index in [2.05, 4.69) is 20.8 Å². The zero-order valence-electron chi connectivity index (χ0n) is 13.1. The van der Waals surface area contributed by atoms with E-state index in [1.54, 1.807) is 28.8 Å². The SMILES string of the molecule is COC(=O)[C@@H]1[C@@H](c2ccc(Cl)cc2)S[C@H](C(C)(C)C)N1C=O. The van der Waals surface area contributed by atoms with Crippen LogP contribution >= 0.6 is 23.4 Å². The molecule has 0 aromatic heterocycles. The molecule has 0 saturated carbocycles. The van der Waals surface area contributed by atoms with Gasteiger partial charge in [-0.2, -0.15) is 0 Å². The highest BCUT2D eigenvalue weighted by Crippen LogP contribution is 2.51. The smallest absolute Gasteiger partial charge is 0.330 e. The second-order valence-corrected chi connectivity index (χ2v) is 8.01. The third-order valence-electron chi connectivity index (χ3n) is 3.66. The van der Waals surface area contributed by atoms with E-state index in [1.807, 2.05) is 12.1 Å². The first-order valence-corrected chi connectivity index (χ1v) is 8.33. The van der Waals surface area contributed by atoms with Gasteiger partial charge in [0.1, 0.15) is 6.04 Å². The summed E-state index contributed by atoms with van der Waals surface area (Å²) in [6.07, 6.45) is 0.750. The van der Waals surface area contributed by atoms with Crippen LogP contribution in [0, 0.1) is 5.41 Å². The van der Waals surface area contributed by atoms with Crippen molar-refractivity contribution in [1.29, 1.82) is 0 Å². The van der Waals surface area contributed by atoms with Gasteiger partial charge in [-0.1, -0.05) is 44.5 Å². The fourth-order valence-corrected chi connectivity index (χ4v) is 4.49. The van der Waals surface area contributed by atoms with E-state index in [0.717, 1.165) is 12.0 Å². The highest BCUT2D eigenvalue weighted by atomic mass is 35.5. The largest absolute Gasteiger partial charge is 0.467 e. The minimum Gasteiger partial charge on any atom is -0.467 e. The molecule has 1 aromatic rings. The molecule has 0 N–H and O–H groups in total. The van der Waals surface area contributed by atoms with Crippen molar-refractivity contribution in [3.63, 3.8) is 0 Å². The molecule has 1 aromatic carbocycles. The Morgan fingerprint density at radius 3 is 2.36 bits per heavy atom. The number of esters is 1. The first kappa shape index (κ1) is 17.2. The molecule has 1 aliphatic heterocycles. The van der Waals surface area contributed by atoms with Gasteiger partial charge in [-0.05, 0) is 23.1 Å². The zero-order valence-corrected chi connectivity index (χ0v) is 14.6. The number of carbonyl (C=O) groups excluding carboxylic acids is 2. The number of benzene rings is 1. The molecule has 0 aliphatic carbocycles. The lowest BCUT2D eigenvalue weighted by Crippen LogP contribution is -2.46. The Morgan fingerprint density at radius 1 is 1.32 bits per heavy atom. The van der Waals surface area contributed by atoms with Crippen LogP contribution in [0.15, 0.2) is 24.3 Å². The monoisotopic (exact) mass is 341 g/mol. The predicted octanol–water partition coefficient (Wildman–Crippen LogP) is 3.50. The minimum absolute atomic E-state index is 0.102. The molecule has 0 bridgehead atoms. The lowest BCUT2D eigenvalue weighted by molar-refractivity contribution is -0.150. The van der Waals surface area contributed by atoms with Crippen molar-refractivity contribution in [3.05, 3.63) is 34.9 Å². The predicted molar refractivity (Wildman–Crippen MR) is 88.7 cm³/mol. The zero-order chi connectivity index (χ0) is 16.5. The van der Waals surface area contributed by atoms with Crippen molar-refractivity contribution >= 4 is 35.7 Å². The van der Waals surface area contributed by atoms with Crippen molar-refractivity contribution in [3.8, 4) is 0 Å². The number of carbonyl (C=O) groups is 2. The van der Waals surface area contributed by atoms with Gasteiger partial charge in [-0.3, -0.25) is 4.79 Å². The summed E-state index contributed by atoms with van der Waals surface area (Å²) in [5, 5.41) is 0.370. The number of hydrogen-bond donors (Lipinski definition) is 0. The Kier molecular flexibility index (Phi) is 5.07. The van der Waals surface area contributed by atoms with Gasteiger partial charge in [0.2, 0.25) is 6.41 Å². The molecule has 1 amide bonds. The van der Waals surface area contributed by atoms with Crippen LogP contribution in [0.4, 0.5) is 0 Å². The van der Waals surface area contributed by atoms with Crippen molar-refractivity contribution in [2.75, 3.05) is 7.11 Å². The molecule has 6 heteroatoms. The normalized spacial score (nSPS) is 25.1. The number of rotatable bonds is 3. The van der Waals surface area contributed by atoms with Crippen LogP contribution in [0.5, 0.6) is 0 Å². The molecule has 120 valence electrons. The maximum Gasteiger partial charge on any atom is 0.330 e. The molecule has 1 heterocycles. The Hall–Kier alpha value is -1.20. The molecule has 1 saturated heterocycles. The Morgan fingerprint density at radius 2 is 1.91 bits per heavy atom. The number of methoxy groups -OCH3 is 1. The Balaban J connectivity index is 2.44. The molecule has 4 nitrogen and oxygen atoms in total. The van der Waals surface area contributed by atoms with E-state index in [4.69, 9.17) is 16.3 Å². The van der Waals surface area contributed by atoms with Gasteiger partial charge < -0.3 is 9.64 Å². The maximum absolute atomic E-state index is 12.2. The summed E-state index contributed by atoms with van der Waals surface area (Å²) < 4.78 is 4.92. The molecule has 1 fully saturated rings. The van der Waals surface area contributed by atoms with Crippen molar-refractivity contribution in [1.82, 2.24) is 4.90 Å². The van der Waals surface area contributed by atoms with E-state index in [0.29, 0.717) is 5.02 Å². The standard InChI is InChI=1S/C16H20ClNO3S/c1-16(2,3)15-18(9-19)12(14(20)21-4)13(22-15)10-5-7-11(17)8-6-10/h5-9,12-13,15H,1-4H3/t12-,13+,15+/m0/s1. The van der Waals surface area contributed by atoms with Crippen LogP contribution in [0.1, 0.15) is 31.6 Å². The molecule has 22 heavy (non-hydrogen) atoms. The van der Waals surface area contributed by atoms with Gasteiger partial charge in [0, 0.05) is 5.02 Å². The summed E-state index contributed by atoms with van der Waals surface area (Å²) >= 11 is 7.55. The fraction of sp³-hybridized carbons (Fsp3) is 0.500. The maximum atomic E-state index is 12.2. The average molecular weight is 342 g/mol. The van der Waals surface area contributed by atoms with Gasteiger partial charge in [0.05, 0.1) is 17.7 Å². The highest BCUT2D eigenvalue weighted by molar-refractivity contribution is 8.00. The number of nitrogens with zero attached hydrogens (tertiary/aromatic N) is 1. The van der Waals surface area contributed by atoms with Crippen molar-refractivity contribution in [2.24, 2.45) is 5.41 Å². The lowest BCUT2D eigenvalue weighted by atomic mass is 9.94. The van der Waals surface area contributed by atoms with Crippen LogP contribution in [0.25, 0.3) is 0 Å². The summed E-state index contributed by atoms with van der Waals surface area (Å²) in [4.78, 5) is 25.4. The highest BCUT2D eigenvalue weighted by Gasteiger charge is 2.50. The average Bonchev–Trinajstić information content (AvgIpc) is 2.86. The topological polar surface area (TPSA) is 46.6 Å². The van der Waals surface area contributed by atoms with E-state index in [9.17, 15) is 9.59 Å². The van der Waals surface area contributed by atoms with Crippen LogP contribution in [-0.4, -0.2) is 35.8 Å². The first-order chi connectivity index (χ1) is 10.3. The molecular formula is C16H20ClNO3S. The van der Waals surface area contributed by atoms with Crippen LogP contribution < -0.4 is 0 Å². The van der Waals surface area contributed by atoms with E-state index in [1.165, 1.54) is 7.11 Å². The number of ether oxygens (including phenoxy) is 1. The molecule has 1 aliphatic rings. The third kappa shape index (κ3) is 3.25. The second kappa shape index (κ2) is 6.50. The molecule has 2 rings (SSSR count). The number of amides is 1. The van der Waals surface area contributed by atoms with Crippen LogP contribution in [0.2, 0.25) is 5.02 Å². The quantitative estimate of drug-likeness (QED) is 0.623. The van der Waals surface area contributed by atoms with E-state index in [-0.39, 0.29) is 16.0 Å². The van der Waals surface area contributed by atoms with Gasteiger partial charge in [0.15, 0.2) is 0 Å². The summed E-state index contributed by atoms with van der Waals surface area (Å²) in [7, 11) is 1.35. The van der Waals surface area contributed by atoms with Gasteiger partial charge >= 0.3 is 5.97 Å². The summed E-state index contributed by atoms with van der Waals surface area (Å²) in [6, 6.07) is 6.74. The molecule has 0 spiro atoms. The fourth-order valence-electron chi connectivity index (χ4n) is 2.64. The minimum atomic E-state index is -0.627. The first-order valence-electron chi connectivity index (χ1n) is 7.01. The van der Waals surface area contributed by atoms with Gasteiger partial charge in [-0.25, -0.2) is 4.79 Å². The summed E-state index contributed by atoms with van der Waals surface area (Å²) in [5.41, 5.74) is 0.808. The Bertz CT molecular complexity index is 556. The van der Waals surface area contributed by atoms with Crippen LogP contribution in [0.3, 0.4) is 0 Å². The van der Waals surface area contributed by atoms with Crippen molar-refractivity contribution in [2.45, 2.75) is 37.4 Å². The number of thioether (sulfide) groups is 1. The number of hydrogen-bond acceptors (Lipinski definition) is 4. The third-order valence-corrected chi connectivity index (χ3v) is 5.94. The van der Waals surface area contributed by atoms with E-state index >= 15 is 0 Å². The molecular weight excluding hydrogens is 322 g/mol. The summed E-state index contributed by atoms with van der Waals surface area (Å²) in [6.45, 7) is 6.17. The molecule has 0 unspecified atom stereocenters. The summed E-state index contributed by atoms with van der Waals surface area (Å²) in [5.74, 6) is -0.397. The van der Waals surface area contributed by atoms with Crippen molar-refractivity contribution < 1.29 is 14.3 Å². The van der Waals surface area contributed by atoms with Gasteiger partial charge in [-0.15, -0.1) is 11.8 Å². The molecule has 3 atom stereocenters. The lowest BCUT2D eigenvalue weighted by Gasteiger charge is -2.33. The number of halogens is 1.